The molecule has 4 aliphatic rings. The van der Waals surface area contributed by atoms with E-state index >= 15 is 0 Å². The molecular weight excluding hydrogens is 376 g/mol. The molecule has 4 fully saturated rings. The van der Waals surface area contributed by atoms with E-state index in [0.29, 0.717) is 22.2 Å². The van der Waals surface area contributed by atoms with Crippen LogP contribution < -0.4 is 0 Å². The van der Waals surface area contributed by atoms with Gasteiger partial charge in [0.2, 0.25) is 0 Å². The molecule has 0 unspecified atom stereocenters. The molecule has 4 aliphatic carbocycles. The molecule has 0 aromatic rings. The van der Waals surface area contributed by atoms with Crippen molar-refractivity contribution in [2.75, 3.05) is 0 Å². The topological polar surface area (TPSA) is 20.2 Å². The zero-order chi connectivity index (χ0) is 22.8. The summed E-state index contributed by atoms with van der Waals surface area (Å²) < 4.78 is 0. The predicted octanol–water partition coefficient (Wildman–Crippen LogP) is 8.34. The summed E-state index contributed by atoms with van der Waals surface area (Å²) in [5.74, 6) is 3.15. The first-order chi connectivity index (χ1) is 14.4. The summed E-state index contributed by atoms with van der Waals surface area (Å²) in [7, 11) is 0. The monoisotopic (exact) mass is 426 g/mol. The molecule has 0 amide bonds. The normalized spacial score (nSPS) is 49.1. The van der Waals surface area contributed by atoms with Crippen LogP contribution in [0.2, 0.25) is 0 Å². The first kappa shape index (κ1) is 23.6. The number of hydrogen-bond donors (Lipinski definition) is 1. The third kappa shape index (κ3) is 3.34. The fraction of sp³-hybridized carbons (Fsp3) is 0.867. The van der Waals surface area contributed by atoms with Crippen molar-refractivity contribution in [3.8, 4) is 0 Å². The Morgan fingerprint density at radius 1 is 0.774 bits per heavy atom. The molecule has 0 saturated heterocycles. The summed E-state index contributed by atoms with van der Waals surface area (Å²) in [6.45, 7) is 19.6. The molecule has 31 heavy (non-hydrogen) atoms. The summed E-state index contributed by atoms with van der Waals surface area (Å²) >= 11 is 0. The van der Waals surface area contributed by atoms with Gasteiger partial charge < -0.3 is 5.11 Å². The first-order valence-corrected chi connectivity index (χ1v) is 13.4. The molecule has 0 aromatic heterocycles. The van der Waals surface area contributed by atoms with Crippen LogP contribution in [-0.4, -0.2) is 11.2 Å². The first-order valence-electron chi connectivity index (χ1n) is 13.4. The van der Waals surface area contributed by atoms with E-state index in [4.69, 9.17) is 0 Å². The van der Waals surface area contributed by atoms with Gasteiger partial charge >= 0.3 is 0 Å². The standard InChI is InChI=1S/C30H50O/c1-20(2)10-9-11-21(3)22-14-18-29(7)23(22)12-13-25-28(6)17-16-26(31)27(4,5)24(28)15-19-30(25,29)8/h10-11,22-26,31H,9,12-19H2,1-8H3/b21-11+/t22-,23-,24+,25-,26+,28+,29-,30-/m1/s1. The molecule has 0 spiro atoms. The Morgan fingerprint density at radius 3 is 2.13 bits per heavy atom. The maximum Gasteiger partial charge on any atom is 0.0594 e. The van der Waals surface area contributed by atoms with Crippen molar-refractivity contribution >= 4 is 0 Å². The summed E-state index contributed by atoms with van der Waals surface area (Å²) in [5, 5.41) is 10.8. The van der Waals surface area contributed by atoms with E-state index in [9.17, 15) is 5.11 Å². The van der Waals surface area contributed by atoms with Gasteiger partial charge in [0.25, 0.3) is 0 Å². The molecule has 1 N–H and O–H groups in total. The van der Waals surface area contributed by atoms with Gasteiger partial charge in [0.05, 0.1) is 6.10 Å². The lowest BCUT2D eigenvalue weighted by atomic mass is 9.35. The van der Waals surface area contributed by atoms with Gasteiger partial charge in [0.1, 0.15) is 0 Å². The van der Waals surface area contributed by atoms with Crippen molar-refractivity contribution in [1.29, 1.82) is 0 Å². The van der Waals surface area contributed by atoms with Crippen LogP contribution in [0.25, 0.3) is 0 Å². The smallest absolute Gasteiger partial charge is 0.0594 e. The van der Waals surface area contributed by atoms with Gasteiger partial charge in [0.15, 0.2) is 0 Å². The van der Waals surface area contributed by atoms with Crippen molar-refractivity contribution in [2.24, 2.45) is 45.3 Å². The number of rotatable bonds is 3. The average Bonchev–Trinajstić information content (AvgIpc) is 3.03. The van der Waals surface area contributed by atoms with E-state index in [1.807, 2.05) is 0 Å². The van der Waals surface area contributed by atoms with E-state index in [0.717, 1.165) is 30.6 Å². The van der Waals surface area contributed by atoms with Gasteiger partial charge in [-0.2, -0.15) is 0 Å². The lowest BCUT2D eigenvalue weighted by Crippen LogP contribution is -2.63. The van der Waals surface area contributed by atoms with Crippen LogP contribution in [0.15, 0.2) is 23.3 Å². The van der Waals surface area contributed by atoms with Crippen LogP contribution in [0.4, 0.5) is 0 Å². The highest BCUT2D eigenvalue weighted by Gasteiger charge is 2.68. The van der Waals surface area contributed by atoms with Crippen molar-refractivity contribution < 1.29 is 5.11 Å². The molecule has 1 nitrogen and oxygen atoms in total. The summed E-state index contributed by atoms with van der Waals surface area (Å²) in [4.78, 5) is 0. The van der Waals surface area contributed by atoms with Crippen LogP contribution in [0.3, 0.4) is 0 Å². The highest BCUT2D eigenvalue weighted by Crippen LogP contribution is 2.75. The van der Waals surface area contributed by atoms with Gasteiger partial charge in [-0.25, -0.2) is 0 Å². The van der Waals surface area contributed by atoms with Crippen molar-refractivity contribution in [3.05, 3.63) is 23.3 Å². The average molecular weight is 427 g/mol. The Kier molecular flexibility index (Phi) is 5.90. The van der Waals surface area contributed by atoms with E-state index in [2.05, 4.69) is 67.5 Å². The van der Waals surface area contributed by atoms with Gasteiger partial charge in [0, 0.05) is 0 Å². The van der Waals surface area contributed by atoms with Crippen molar-refractivity contribution in [2.45, 2.75) is 119 Å². The number of aliphatic hydroxyl groups is 1. The fourth-order valence-electron chi connectivity index (χ4n) is 9.91. The van der Waals surface area contributed by atoms with E-state index in [1.54, 1.807) is 5.57 Å². The molecule has 4 saturated carbocycles. The molecule has 176 valence electrons. The lowest BCUT2D eigenvalue weighted by Gasteiger charge is -2.69. The highest BCUT2D eigenvalue weighted by atomic mass is 16.3. The molecule has 0 bridgehead atoms. The van der Waals surface area contributed by atoms with Gasteiger partial charge in [-0.15, -0.1) is 0 Å². The minimum atomic E-state index is -0.119. The Balaban J connectivity index is 1.63. The zero-order valence-corrected chi connectivity index (χ0v) is 21.9. The van der Waals surface area contributed by atoms with Gasteiger partial charge in [-0.3, -0.25) is 0 Å². The van der Waals surface area contributed by atoms with E-state index < -0.39 is 0 Å². The van der Waals surface area contributed by atoms with Crippen molar-refractivity contribution in [1.82, 2.24) is 0 Å². The molecule has 8 atom stereocenters. The van der Waals surface area contributed by atoms with Gasteiger partial charge in [-0.1, -0.05) is 57.9 Å². The molecule has 4 rings (SSSR count). The molecule has 0 aliphatic heterocycles. The molecule has 0 heterocycles. The Morgan fingerprint density at radius 2 is 1.45 bits per heavy atom. The second-order valence-corrected chi connectivity index (χ2v) is 13.7. The predicted molar refractivity (Wildman–Crippen MR) is 133 cm³/mol. The Bertz CT molecular complexity index is 754. The summed E-state index contributed by atoms with van der Waals surface area (Å²) in [6.07, 6.45) is 16.4. The van der Waals surface area contributed by atoms with Gasteiger partial charge in [-0.05, 0) is 124 Å². The number of hydrogen-bond acceptors (Lipinski definition) is 1. The second kappa shape index (κ2) is 7.75. The maximum atomic E-state index is 10.8. The fourth-order valence-corrected chi connectivity index (χ4v) is 9.91. The molecule has 0 radical (unpaired) electrons. The maximum absolute atomic E-state index is 10.8. The molecule has 1 heteroatoms. The quantitative estimate of drug-likeness (QED) is 0.450. The van der Waals surface area contributed by atoms with Crippen molar-refractivity contribution in [3.63, 3.8) is 0 Å². The van der Waals surface area contributed by atoms with Crippen LogP contribution in [0.5, 0.6) is 0 Å². The zero-order valence-electron chi connectivity index (χ0n) is 21.9. The van der Waals surface area contributed by atoms with E-state index in [1.165, 1.54) is 50.5 Å². The third-order valence-electron chi connectivity index (χ3n) is 11.9. The SMILES string of the molecule is CC(C)=CC/C=C(\C)[C@H]1CC[C@]2(C)[C@@H]1CC[C@@H]1[C@@]3(C)CC[C@H](O)C(C)(C)[C@@H]3CC[C@]12C. The molecular formula is C30H50O. The van der Waals surface area contributed by atoms with E-state index in [-0.39, 0.29) is 11.5 Å². The summed E-state index contributed by atoms with van der Waals surface area (Å²) in [5.41, 5.74) is 4.48. The largest absolute Gasteiger partial charge is 0.393 e. The van der Waals surface area contributed by atoms with Crippen LogP contribution in [0.1, 0.15) is 113 Å². The lowest BCUT2D eigenvalue weighted by molar-refractivity contribution is -0.220. The second-order valence-electron chi connectivity index (χ2n) is 13.7. The minimum Gasteiger partial charge on any atom is -0.393 e. The highest BCUT2D eigenvalue weighted by molar-refractivity contribution is 5.21. The minimum absolute atomic E-state index is 0.0640. The van der Waals surface area contributed by atoms with Crippen LogP contribution in [0, 0.1) is 45.3 Å². The third-order valence-corrected chi connectivity index (χ3v) is 11.9. The number of allylic oxidation sites excluding steroid dienone is 4. The Labute approximate surface area is 193 Å². The van der Waals surface area contributed by atoms with Crippen LogP contribution in [-0.2, 0) is 0 Å². The number of aliphatic hydroxyl groups excluding tert-OH is 1. The number of fused-ring (bicyclic) bond motifs is 5. The molecule has 0 aromatic carbocycles. The Hall–Kier alpha value is -0.560. The summed E-state index contributed by atoms with van der Waals surface area (Å²) in [6, 6.07) is 0. The van der Waals surface area contributed by atoms with Crippen LogP contribution >= 0.6 is 0 Å².